The Labute approximate surface area is 203 Å². The van der Waals surface area contributed by atoms with Crippen molar-refractivity contribution in [3.8, 4) is 0 Å². The molecule has 0 atom stereocenters. The summed E-state index contributed by atoms with van der Waals surface area (Å²) >= 11 is 11.2. The van der Waals surface area contributed by atoms with Crippen molar-refractivity contribution in [1.82, 2.24) is 9.97 Å². The summed E-state index contributed by atoms with van der Waals surface area (Å²) < 4.78 is 36.4. The van der Waals surface area contributed by atoms with Crippen molar-refractivity contribution in [2.45, 2.75) is 20.0 Å². The third-order valence-electron chi connectivity index (χ3n) is 3.95. The second-order valence-electron chi connectivity index (χ2n) is 6.46. The molecule has 0 radical (unpaired) electrons. The van der Waals surface area contributed by atoms with E-state index in [9.17, 15) is 23.2 Å². The molecule has 34 heavy (non-hydrogen) atoms. The summed E-state index contributed by atoms with van der Waals surface area (Å²) in [5.74, 6) is 0. The van der Waals surface area contributed by atoms with E-state index in [1.54, 1.807) is 39.1 Å². The van der Waals surface area contributed by atoms with Gasteiger partial charge in [0.25, 0.3) is 5.56 Å². The number of rotatable bonds is 3. The number of anilines is 1. The number of hydrogen-bond donors (Lipinski definition) is 4. The lowest BCUT2D eigenvalue weighted by molar-refractivity contribution is -0.137. The number of aromatic nitrogens is 2. The maximum Gasteiger partial charge on any atom is 0.417 e. The van der Waals surface area contributed by atoms with Crippen molar-refractivity contribution in [3.05, 3.63) is 91.6 Å². The molecular formula is C22H23Cl2F3N4O3. The fourth-order valence-electron chi connectivity index (χ4n) is 2.51. The molecule has 4 N–H and O–H groups in total. The Morgan fingerprint density at radius 2 is 1.88 bits per heavy atom. The van der Waals surface area contributed by atoms with Crippen molar-refractivity contribution in [2.75, 3.05) is 19.0 Å². The number of hydrogen-bond acceptors (Lipinski definition) is 6. The van der Waals surface area contributed by atoms with Gasteiger partial charge >= 0.3 is 6.18 Å². The number of aryl methyl sites for hydroxylation is 1. The summed E-state index contributed by atoms with van der Waals surface area (Å²) in [7, 11) is 1.68. The Balaban J connectivity index is 0.000000330. The number of oxime groups is 1. The van der Waals surface area contributed by atoms with Gasteiger partial charge in [-0.15, -0.1) is 0 Å². The van der Waals surface area contributed by atoms with Crippen LogP contribution in [0.3, 0.4) is 0 Å². The van der Waals surface area contributed by atoms with Crippen LogP contribution in [0, 0.1) is 6.92 Å². The molecule has 3 aromatic rings. The molecule has 2 heterocycles. The quantitative estimate of drug-likeness (QED) is 0.212. The van der Waals surface area contributed by atoms with Gasteiger partial charge in [0, 0.05) is 26.0 Å². The SMILES string of the molecule is CCO.CNc1cc(Cl)cnc1/C(=N/O)c1ccc[nH]c1=O.Cc1ccc(Cl)c(C(F)(F)F)c1. The molecule has 7 nitrogen and oxygen atoms in total. The number of aliphatic hydroxyl groups is 1. The van der Waals surface area contributed by atoms with Crippen molar-refractivity contribution in [2.24, 2.45) is 5.16 Å². The van der Waals surface area contributed by atoms with Gasteiger partial charge in [0.05, 0.1) is 26.9 Å². The van der Waals surface area contributed by atoms with Gasteiger partial charge in [-0.25, -0.2) is 0 Å². The number of nitrogens with zero attached hydrogens (tertiary/aromatic N) is 2. The fraction of sp³-hybridized carbons (Fsp3) is 0.227. The zero-order valence-corrected chi connectivity index (χ0v) is 19.9. The molecule has 0 saturated carbocycles. The average Bonchev–Trinajstić information content (AvgIpc) is 2.78. The number of aliphatic hydroxyl groups excluding tert-OH is 1. The highest BCUT2D eigenvalue weighted by atomic mass is 35.5. The van der Waals surface area contributed by atoms with E-state index in [1.165, 1.54) is 24.5 Å². The summed E-state index contributed by atoms with van der Waals surface area (Å²) in [6.45, 7) is 3.52. The van der Waals surface area contributed by atoms with E-state index in [4.69, 9.17) is 28.3 Å². The Bertz CT molecular complexity index is 1170. The number of alkyl halides is 3. The van der Waals surface area contributed by atoms with Gasteiger partial charge in [-0.05, 0) is 44.2 Å². The van der Waals surface area contributed by atoms with Crippen LogP contribution in [0.15, 0.2) is 58.7 Å². The van der Waals surface area contributed by atoms with Crippen LogP contribution in [0.2, 0.25) is 10.0 Å². The maximum absolute atomic E-state index is 12.1. The number of H-pyrrole nitrogens is 1. The first-order valence-corrected chi connectivity index (χ1v) is 10.4. The van der Waals surface area contributed by atoms with Crippen LogP contribution in [-0.4, -0.2) is 39.6 Å². The van der Waals surface area contributed by atoms with Crippen LogP contribution in [0.1, 0.15) is 29.3 Å². The van der Waals surface area contributed by atoms with E-state index in [-0.39, 0.29) is 28.5 Å². The lowest BCUT2D eigenvalue weighted by atomic mass is 10.1. The summed E-state index contributed by atoms with van der Waals surface area (Å²) in [5.41, 5.74) is 0.596. The minimum atomic E-state index is -4.36. The molecule has 0 spiro atoms. The van der Waals surface area contributed by atoms with Crippen molar-refractivity contribution < 1.29 is 23.5 Å². The summed E-state index contributed by atoms with van der Waals surface area (Å²) in [6, 6.07) is 8.63. The maximum atomic E-state index is 12.1. The molecule has 0 aliphatic carbocycles. The van der Waals surface area contributed by atoms with Crippen molar-refractivity contribution >= 4 is 34.6 Å². The highest BCUT2D eigenvalue weighted by Crippen LogP contribution is 2.34. The van der Waals surface area contributed by atoms with E-state index < -0.39 is 11.7 Å². The van der Waals surface area contributed by atoms with Gasteiger partial charge < -0.3 is 20.6 Å². The smallest absolute Gasteiger partial charge is 0.410 e. The van der Waals surface area contributed by atoms with E-state index in [0.717, 1.165) is 6.07 Å². The molecule has 12 heteroatoms. The molecule has 0 amide bonds. The minimum Gasteiger partial charge on any atom is -0.410 e. The Kier molecular flexibility index (Phi) is 11.6. The zero-order valence-electron chi connectivity index (χ0n) is 18.4. The summed E-state index contributed by atoms with van der Waals surface area (Å²) in [4.78, 5) is 18.3. The highest BCUT2D eigenvalue weighted by molar-refractivity contribution is 6.31. The lowest BCUT2D eigenvalue weighted by Crippen LogP contribution is -2.20. The van der Waals surface area contributed by atoms with Gasteiger partial charge in [-0.1, -0.05) is 40.0 Å². The first-order chi connectivity index (χ1) is 16.0. The van der Waals surface area contributed by atoms with Gasteiger partial charge in [0.2, 0.25) is 0 Å². The van der Waals surface area contributed by atoms with E-state index >= 15 is 0 Å². The number of pyridine rings is 2. The first kappa shape index (κ1) is 29.0. The molecule has 0 bridgehead atoms. The number of aromatic amines is 1. The van der Waals surface area contributed by atoms with Crippen LogP contribution < -0.4 is 10.9 Å². The standard InChI is InChI=1S/C12H11ClN4O2.C8H6ClF3.C2H6O/c1-14-9-5-7(13)6-16-11(9)10(17-19)8-3-2-4-15-12(8)18;1-5-2-3-7(9)6(4-5)8(10,11)12;1-2-3/h2-6,14,19H,1H3,(H,15,18);2-4H,1H3;3H,2H2,1H3/b17-10+;;. The number of nitrogens with one attached hydrogen (secondary N) is 2. The van der Waals surface area contributed by atoms with Gasteiger partial charge in [-0.2, -0.15) is 13.2 Å². The molecule has 2 aromatic heterocycles. The molecule has 1 aromatic carbocycles. The van der Waals surface area contributed by atoms with E-state index in [1.807, 2.05) is 0 Å². The van der Waals surface area contributed by atoms with Crippen LogP contribution in [0.25, 0.3) is 0 Å². The largest absolute Gasteiger partial charge is 0.417 e. The van der Waals surface area contributed by atoms with Crippen LogP contribution in [0.4, 0.5) is 18.9 Å². The molecule has 184 valence electrons. The van der Waals surface area contributed by atoms with E-state index in [2.05, 4.69) is 20.4 Å². The zero-order chi connectivity index (χ0) is 25.9. The Morgan fingerprint density at radius 3 is 2.38 bits per heavy atom. The van der Waals surface area contributed by atoms with Gasteiger partial charge in [0.1, 0.15) is 11.4 Å². The molecule has 0 fully saturated rings. The third kappa shape index (κ3) is 8.36. The van der Waals surface area contributed by atoms with Crippen molar-refractivity contribution in [3.63, 3.8) is 0 Å². The number of halogens is 5. The van der Waals surface area contributed by atoms with Gasteiger partial charge in [-0.3, -0.25) is 9.78 Å². The van der Waals surface area contributed by atoms with E-state index in [0.29, 0.717) is 22.0 Å². The van der Waals surface area contributed by atoms with Crippen molar-refractivity contribution in [1.29, 1.82) is 0 Å². The normalized spacial score (nSPS) is 11.0. The molecule has 0 aliphatic heterocycles. The first-order valence-electron chi connectivity index (χ1n) is 9.68. The predicted octanol–water partition coefficient (Wildman–Crippen LogP) is 5.36. The number of benzene rings is 1. The lowest BCUT2D eigenvalue weighted by Gasteiger charge is -2.09. The van der Waals surface area contributed by atoms with Crippen LogP contribution in [0.5, 0.6) is 0 Å². The second-order valence-corrected chi connectivity index (χ2v) is 7.30. The topological polar surface area (TPSA) is 111 Å². The summed E-state index contributed by atoms with van der Waals surface area (Å²) in [6.07, 6.45) is -1.45. The van der Waals surface area contributed by atoms with Gasteiger partial charge in [0.15, 0.2) is 0 Å². The summed E-state index contributed by atoms with van der Waals surface area (Å²) in [5, 5.41) is 23.0. The van der Waals surface area contributed by atoms with Crippen LogP contribution in [-0.2, 0) is 6.18 Å². The minimum absolute atomic E-state index is 0.0721. The predicted molar refractivity (Wildman–Crippen MR) is 127 cm³/mol. The molecule has 3 rings (SSSR count). The van der Waals surface area contributed by atoms with Crippen LogP contribution >= 0.6 is 23.2 Å². The Morgan fingerprint density at radius 1 is 1.24 bits per heavy atom. The highest BCUT2D eigenvalue weighted by Gasteiger charge is 2.32. The molecule has 0 aliphatic rings. The molecular weight excluding hydrogens is 496 g/mol. The Hall–Kier alpha value is -3.08. The third-order valence-corrected chi connectivity index (χ3v) is 4.48. The monoisotopic (exact) mass is 518 g/mol. The molecule has 0 unspecified atom stereocenters. The molecule has 0 saturated heterocycles. The second kappa shape index (κ2) is 13.6. The average molecular weight is 519 g/mol. The fourth-order valence-corrected chi connectivity index (χ4v) is 2.89.